The van der Waals surface area contributed by atoms with Gasteiger partial charge in [0.2, 0.25) is 11.8 Å². The summed E-state index contributed by atoms with van der Waals surface area (Å²) in [6.45, 7) is 5.51. The van der Waals surface area contributed by atoms with Crippen molar-refractivity contribution < 1.29 is 23.4 Å². The lowest BCUT2D eigenvalue weighted by atomic mass is 9.93. The molecule has 3 aromatic rings. The van der Waals surface area contributed by atoms with Gasteiger partial charge in [0.25, 0.3) is 0 Å². The van der Waals surface area contributed by atoms with Gasteiger partial charge in [0.1, 0.15) is 6.34 Å². The lowest BCUT2D eigenvalue weighted by Gasteiger charge is -2.37. The number of halogens is 2. The first-order valence-corrected chi connectivity index (χ1v) is 12.6. The normalized spacial score (nSPS) is 18.2. The van der Waals surface area contributed by atoms with Crippen LogP contribution in [0.4, 0.5) is 14.9 Å². The van der Waals surface area contributed by atoms with Crippen molar-refractivity contribution in [1.82, 2.24) is 9.88 Å². The predicted octanol–water partition coefficient (Wildman–Crippen LogP) is 5.91. The summed E-state index contributed by atoms with van der Waals surface area (Å²) < 4.78 is 34.0. The SMILES string of the molecule is CCc1cc(NC(=O)n2c(C)cc3c(F)c(OC4=NC=NC5=CC(OC)=C(OC)NC54C)ccc32)ccc1Cl. The van der Waals surface area contributed by atoms with Crippen LogP contribution in [-0.4, -0.2) is 42.6 Å². The Kier molecular flexibility index (Phi) is 6.82. The number of methoxy groups -OCH3 is 2. The highest BCUT2D eigenvalue weighted by molar-refractivity contribution is 6.31. The number of nitrogens with zero attached hydrogens (tertiary/aromatic N) is 3. The fraction of sp³-hybridized carbons (Fsp3) is 0.250. The lowest BCUT2D eigenvalue weighted by molar-refractivity contribution is 0.191. The fourth-order valence-electron chi connectivity index (χ4n) is 4.63. The second-order valence-corrected chi connectivity index (χ2v) is 9.59. The largest absolute Gasteiger partial charge is 0.491 e. The zero-order valence-corrected chi connectivity index (χ0v) is 22.8. The highest BCUT2D eigenvalue weighted by Crippen LogP contribution is 2.35. The second kappa shape index (κ2) is 10.1. The average Bonchev–Trinajstić information content (AvgIpc) is 3.27. The van der Waals surface area contributed by atoms with E-state index in [1.807, 2.05) is 13.0 Å². The molecule has 0 bridgehead atoms. The molecule has 202 valence electrons. The molecule has 3 heterocycles. The maximum atomic E-state index is 15.8. The highest BCUT2D eigenvalue weighted by atomic mass is 35.5. The van der Waals surface area contributed by atoms with Gasteiger partial charge >= 0.3 is 6.03 Å². The van der Waals surface area contributed by atoms with Crippen molar-refractivity contribution in [2.24, 2.45) is 9.98 Å². The zero-order valence-electron chi connectivity index (χ0n) is 22.1. The Labute approximate surface area is 229 Å². The first-order chi connectivity index (χ1) is 18.7. The van der Waals surface area contributed by atoms with Gasteiger partial charge in [-0.3, -0.25) is 4.57 Å². The summed E-state index contributed by atoms with van der Waals surface area (Å²) in [6.07, 6.45) is 3.76. The van der Waals surface area contributed by atoms with Crippen LogP contribution in [0.5, 0.6) is 5.75 Å². The van der Waals surface area contributed by atoms with Gasteiger partial charge in [0.05, 0.1) is 25.4 Å². The summed E-state index contributed by atoms with van der Waals surface area (Å²) >= 11 is 6.20. The van der Waals surface area contributed by atoms with Crippen LogP contribution in [0.2, 0.25) is 5.02 Å². The molecule has 11 heteroatoms. The summed E-state index contributed by atoms with van der Waals surface area (Å²) in [5.74, 6) is 0.295. The molecule has 2 aliphatic heterocycles. The van der Waals surface area contributed by atoms with E-state index in [9.17, 15) is 4.79 Å². The van der Waals surface area contributed by atoms with E-state index < -0.39 is 17.4 Å². The number of hydrogen-bond donors (Lipinski definition) is 2. The van der Waals surface area contributed by atoms with Crippen molar-refractivity contribution in [2.75, 3.05) is 19.5 Å². The third-order valence-corrected chi connectivity index (χ3v) is 7.12. The van der Waals surface area contributed by atoms with Crippen molar-refractivity contribution >= 4 is 46.5 Å². The molecule has 1 amide bonds. The van der Waals surface area contributed by atoms with Crippen LogP contribution in [0.1, 0.15) is 25.1 Å². The number of aromatic nitrogens is 1. The van der Waals surface area contributed by atoms with Crippen LogP contribution >= 0.6 is 11.6 Å². The van der Waals surface area contributed by atoms with Gasteiger partial charge < -0.3 is 24.8 Å². The van der Waals surface area contributed by atoms with Crippen LogP contribution in [0, 0.1) is 12.7 Å². The minimum absolute atomic E-state index is 0.0535. The number of fused-ring (bicyclic) bond motifs is 2. The van der Waals surface area contributed by atoms with Crippen LogP contribution in [-0.2, 0) is 15.9 Å². The summed E-state index contributed by atoms with van der Waals surface area (Å²) in [6, 6.07) is 9.57. The molecular weight excluding hydrogens is 525 g/mol. The number of anilines is 1. The van der Waals surface area contributed by atoms with Crippen LogP contribution in [0.25, 0.3) is 10.9 Å². The number of aliphatic imine (C=N–C) groups is 2. The minimum atomic E-state index is -1.04. The molecule has 2 N–H and O–H groups in total. The molecule has 1 atom stereocenters. The molecule has 0 saturated carbocycles. The molecule has 5 rings (SSSR count). The summed E-state index contributed by atoms with van der Waals surface area (Å²) in [5, 5.41) is 6.91. The Morgan fingerprint density at radius 2 is 2.00 bits per heavy atom. The van der Waals surface area contributed by atoms with E-state index in [-0.39, 0.29) is 17.0 Å². The van der Waals surface area contributed by atoms with E-state index in [1.54, 1.807) is 44.2 Å². The maximum absolute atomic E-state index is 15.8. The monoisotopic (exact) mass is 551 g/mol. The molecule has 9 nitrogen and oxygen atoms in total. The summed E-state index contributed by atoms with van der Waals surface area (Å²) in [4.78, 5) is 21.8. The first-order valence-electron chi connectivity index (χ1n) is 12.2. The van der Waals surface area contributed by atoms with E-state index in [0.717, 1.165) is 12.0 Å². The summed E-state index contributed by atoms with van der Waals surface area (Å²) in [5.41, 5.74) is 1.97. The lowest BCUT2D eigenvalue weighted by Crippen LogP contribution is -2.55. The topological polar surface area (TPSA) is 98.5 Å². The van der Waals surface area contributed by atoms with E-state index >= 15 is 4.39 Å². The Bertz CT molecular complexity index is 1620. The van der Waals surface area contributed by atoms with E-state index in [2.05, 4.69) is 20.6 Å². The standard InChI is InChI=1S/C28H27ClFN5O4/c1-6-16-12-17(7-8-19(16)29)33-27(36)35-15(2)11-18-20(35)9-10-21(24(18)30)39-26-28(3)23(31-14-32-26)13-22(37-4)25(34-28)38-5/h7-14,34H,6H2,1-5H3,(H,33,36). The van der Waals surface area contributed by atoms with Gasteiger partial charge in [-0.1, -0.05) is 18.5 Å². The predicted molar refractivity (Wildman–Crippen MR) is 149 cm³/mol. The smallest absolute Gasteiger partial charge is 0.330 e. The Morgan fingerprint density at radius 1 is 1.21 bits per heavy atom. The number of nitrogens with one attached hydrogen (secondary N) is 2. The molecule has 1 aromatic heterocycles. The number of rotatable bonds is 5. The number of ether oxygens (including phenoxy) is 3. The molecule has 2 aromatic carbocycles. The van der Waals surface area contributed by atoms with E-state index in [1.165, 1.54) is 31.2 Å². The van der Waals surface area contributed by atoms with Gasteiger partial charge in [-0.2, -0.15) is 0 Å². The molecular formula is C28H27ClFN5O4. The Morgan fingerprint density at radius 3 is 2.72 bits per heavy atom. The number of benzene rings is 2. The van der Waals surface area contributed by atoms with E-state index in [0.29, 0.717) is 39.3 Å². The molecule has 1 unspecified atom stereocenters. The molecule has 0 saturated heterocycles. The minimum Gasteiger partial charge on any atom is -0.491 e. The maximum Gasteiger partial charge on any atom is 0.330 e. The average molecular weight is 552 g/mol. The number of hydrogen-bond acceptors (Lipinski definition) is 7. The summed E-state index contributed by atoms with van der Waals surface area (Å²) in [7, 11) is 3.02. The van der Waals surface area contributed by atoms with Crippen molar-refractivity contribution in [3.63, 3.8) is 0 Å². The number of carbonyl (C=O) groups excluding carboxylic acids is 1. The number of amides is 1. The van der Waals surface area contributed by atoms with Gasteiger partial charge in [-0.15, -0.1) is 0 Å². The molecule has 0 radical (unpaired) electrons. The second-order valence-electron chi connectivity index (χ2n) is 9.18. The third kappa shape index (κ3) is 4.50. The number of carbonyl (C=O) groups is 1. The zero-order chi connectivity index (χ0) is 27.9. The number of allylic oxidation sites excluding steroid dienone is 1. The molecule has 39 heavy (non-hydrogen) atoms. The van der Waals surface area contributed by atoms with Gasteiger partial charge in [-0.25, -0.2) is 19.2 Å². The Balaban J connectivity index is 1.45. The van der Waals surface area contributed by atoms with E-state index in [4.69, 9.17) is 25.8 Å². The quantitative estimate of drug-likeness (QED) is 0.411. The van der Waals surface area contributed by atoms with Crippen molar-refractivity contribution in [2.45, 2.75) is 32.7 Å². The molecule has 0 spiro atoms. The first kappa shape index (κ1) is 26.3. The van der Waals surface area contributed by atoms with Crippen molar-refractivity contribution in [3.8, 4) is 5.75 Å². The molecule has 2 aliphatic rings. The fourth-order valence-corrected chi connectivity index (χ4v) is 4.89. The molecule has 0 fully saturated rings. The van der Waals surface area contributed by atoms with Gasteiger partial charge in [-0.05, 0) is 62.2 Å². The van der Waals surface area contributed by atoms with Crippen LogP contribution in [0.3, 0.4) is 0 Å². The van der Waals surface area contributed by atoms with Gasteiger partial charge in [0, 0.05) is 27.9 Å². The van der Waals surface area contributed by atoms with Gasteiger partial charge in [0.15, 0.2) is 22.9 Å². The Hall–Kier alpha value is -4.31. The number of dihydropyridines is 1. The van der Waals surface area contributed by atoms with Crippen LogP contribution < -0.4 is 15.4 Å². The van der Waals surface area contributed by atoms with Crippen molar-refractivity contribution in [3.05, 3.63) is 81.9 Å². The third-order valence-electron chi connectivity index (χ3n) is 6.75. The molecule has 0 aliphatic carbocycles. The highest BCUT2D eigenvalue weighted by Gasteiger charge is 2.43. The van der Waals surface area contributed by atoms with Crippen LogP contribution in [0.15, 0.2) is 69.8 Å². The van der Waals surface area contributed by atoms with Crippen molar-refractivity contribution in [1.29, 1.82) is 0 Å². The number of aryl methyl sites for hydroxylation is 2.